The number of ketones is 2. The average Bonchev–Trinajstić information content (AvgIpc) is 3.18. The largest absolute Gasteiger partial charge is 0.508 e. The van der Waals surface area contributed by atoms with E-state index in [9.17, 15) is 42.9 Å². The number of nitrogens with two attached hydrogens (primary N) is 1. The molecule has 6 N–H and O–H groups in total. The molecule has 5 rings (SSSR count). The number of aliphatic hydroxyl groups is 3. The Labute approximate surface area is 254 Å². The van der Waals surface area contributed by atoms with Gasteiger partial charge in [0, 0.05) is 23.6 Å². The molecule has 1 aromatic carbocycles. The molecule has 9 nitrogen and oxygen atoms in total. The molecule has 0 spiro atoms. The number of carbonyl (C=O) groups excluding carboxylic acids is 3. The Morgan fingerprint density at radius 3 is 2.34 bits per heavy atom. The second-order valence-corrected chi connectivity index (χ2v) is 13.0. The van der Waals surface area contributed by atoms with Crippen molar-refractivity contribution in [1.29, 1.82) is 0 Å². The third-order valence-corrected chi connectivity index (χ3v) is 10.0. The number of benzene rings is 1. The van der Waals surface area contributed by atoms with Gasteiger partial charge in [-0.05, 0) is 81.8 Å². The van der Waals surface area contributed by atoms with E-state index in [1.54, 1.807) is 6.92 Å². The van der Waals surface area contributed by atoms with E-state index in [0.29, 0.717) is 18.0 Å². The predicted octanol–water partition coefficient (Wildman–Crippen LogP) is 3.65. The number of aryl methyl sites for hydroxylation is 1. The Kier molecular flexibility index (Phi) is 8.49. The van der Waals surface area contributed by atoms with Crippen LogP contribution in [0.15, 0.2) is 23.0 Å². The van der Waals surface area contributed by atoms with E-state index in [1.807, 2.05) is 0 Å². The summed E-state index contributed by atoms with van der Waals surface area (Å²) in [6, 6.07) is 0.0870. The van der Waals surface area contributed by atoms with Gasteiger partial charge in [0.05, 0.1) is 11.6 Å². The summed E-state index contributed by atoms with van der Waals surface area (Å²) >= 11 is 0. The molecule has 0 aromatic heterocycles. The molecule has 1 unspecified atom stereocenters. The molecule has 4 aliphatic carbocycles. The molecule has 2 fully saturated rings. The summed E-state index contributed by atoms with van der Waals surface area (Å²) in [7, 11) is 2.96. The molecule has 12 heteroatoms. The molecular weight excluding hydrogens is 579 g/mol. The minimum atomic E-state index is -4.77. The van der Waals surface area contributed by atoms with Crippen LogP contribution in [0.3, 0.4) is 0 Å². The van der Waals surface area contributed by atoms with Crippen molar-refractivity contribution < 1.29 is 42.9 Å². The van der Waals surface area contributed by atoms with Gasteiger partial charge < -0.3 is 26.4 Å². The van der Waals surface area contributed by atoms with Gasteiger partial charge in [-0.2, -0.15) is 13.2 Å². The molecule has 4 atom stereocenters. The molecule has 44 heavy (non-hydrogen) atoms. The van der Waals surface area contributed by atoms with Crippen LogP contribution in [0.1, 0.15) is 72.8 Å². The highest BCUT2D eigenvalue weighted by Gasteiger charge is 2.64. The number of carbonyl (C=O) groups is 3. The lowest BCUT2D eigenvalue weighted by Gasteiger charge is -2.50. The van der Waals surface area contributed by atoms with Gasteiger partial charge in [-0.25, -0.2) is 0 Å². The van der Waals surface area contributed by atoms with Crippen LogP contribution in [0.4, 0.5) is 13.2 Å². The van der Waals surface area contributed by atoms with Crippen LogP contribution in [0.2, 0.25) is 0 Å². The van der Waals surface area contributed by atoms with Crippen molar-refractivity contribution in [1.82, 2.24) is 10.2 Å². The van der Waals surface area contributed by atoms with Gasteiger partial charge in [0.2, 0.25) is 5.78 Å². The smallest absolute Gasteiger partial charge is 0.417 e. The highest BCUT2D eigenvalue weighted by atomic mass is 19.4. The van der Waals surface area contributed by atoms with E-state index in [4.69, 9.17) is 5.73 Å². The lowest BCUT2D eigenvalue weighted by Crippen LogP contribution is -2.65. The first-order chi connectivity index (χ1) is 20.6. The van der Waals surface area contributed by atoms with Crippen molar-refractivity contribution in [2.45, 2.75) is 82.7 Å². The van der Waals surface area contributed by atoms with Gasteiger partial charge in [-0.3, -0.25) is 19.3 Å². The summed E-state index contributed by atoms with van der Waals surface area (Å²) < 4.78 is 44.4. The number of amides is 1. The summed E-state index contributed by atoms with van der Waals surface area (Å²) in [6.07, 6.45) is 1.38. The number of hydrogen-bond acceptors (Lipinski definition) is 8. The van der Waals surface area contributed by atoms with Crippen LogP contribution in [0.5, 0.6) is 0 Å². The zero-order valence-electron chi connectivity index (χ0n) is 25.2. The fourth-order valence-electron chi connectivity index (χ4n) is 8.10. The Hall–Kier alpha value is -3.22. The predicted molar refractivity (Wildman–Crippen MR) is 155 cm³/mol. The second kappa shape index (κ2) is 11.6. The molecule has 0 bridgehead atoms. The number of rotatable bonds is 6. The monoisotopic (exact) mass is 619 g/mol. The van der Waals surface area contributed by atoms with Crippen molar-refractivity contribution in [2.24, 2.45) is 23.5 Å². The zero-order chi connectivity index (χ0) is 32.3. The summed E-state index contributed by atoms with van der Waals surface area (Å²) in [5.41, 5.74) is 0.525. The van der Waals surface area contributed by atoms with Gasteiger partial charge in [0.1, 0.15) is 17.1 Å². The normalized spacial score (nSPS) is 28.1. The molecule has 0 heterocycles. The molecule has 0 saturated heterocycles. The number of alkyl halides is 3. The van der Waals surface area contributed by atoms with Crippen LogP contribution in [-0.2, 0) is 33.5 Å². The topological polar surface area (TPSA) is 153 Å². The first-order valence-electron chi connectivity index (χ1n) is 15.2. The quantitative estimate of drug-likeness (QED) is 0.239. The molecule has 1 aromatic rings. The number of nitrogens with zero attached hydrogens (tertiary/aromatic N) is 1. The van der Waals surface area contributed by atoms with E-state index < -0.39 is 69.8 Å². The van der Waals surface area contributed by atoms with Gasteiger partial charge >= 0.3 is 6.18 Å². The lowest BCUT2D eigenvalue weighted by molar-refractivity contribution is -0.153. The molecule has 0 radical (unpaired) electrons. The zero-order valence-corrected chi connectivity index (χ0v) is 25.2. The van der Waals surface area contributed by atoms with Crippen molar-refractivity contribution in [3.05, 3.63) is 50.8 Å². The van der Waals surface area contributed by atoms with Gasteiger partial charge in [0.15, 0.2) is 11.4 Å². The van der Waals surface area contributed by atoms with E-state index in [2.05, 4.69) is 5.32 Å². The van der Waals surface area contributed by atoms with Crippen LogP contribution in [-0.4, -0.2) is 70.0 Å². The maximum atomic E-state index is 14.8. The van der Waals surface area contributed by atoms with E-state index in [-0.39, 0.29) is 41.6 Å². The van der Waals surface area contributed by atoms with Gasteiger partial charge in [-0.1, -0.05) is 31.7 Å². The molecule has 240 valence electrons. The molecule has 0 aliphatic heterocycles. The van der Waals surface area contributed by atoms with Crippen molar-refractivity contribution >= 4 is 23.2 Å². The van der Waals surface area contributed by atoms with Crippen LogP contribution in [0, 0.1) is 24.7 Å². The van der Waals surface area contributed by atoms with Crippen LogP contribution < -0.4 is 11.1 Å². The third-order valence-electron chi connectivity index (χ3n) is 10.0. The highest BCUT2D eigenvalue weighted by molar-refractivity contribution is 6.24. The number of fused-ring (bicyclic) bond motifs is 3. The van der Waals surface area contributed by atoms with Gasteiger partial charge in [0.25, 0.3) is 5.91 Å². The third kappa shape index (κ3) is 5.14. The Morgan fingerprint density at radius 1 is 1.14 bits per heavy atom. The number of likely N-dealkylation sites (N-methyl/N-ethyl adjacent to an activating group) is 1. The van der Waals surface area contributed by atoms with Crippen LogP contribution in [0.25, 0.3) is 5.76 Å². The Morgan fingerprint density at radius 2 is 1.77 bits per heavy atom. The summed E-state index contributed by atoms with van der Waals surface area (Å²) in [4.78, 5) is 40.7. The summed E-state index contributed by atoms with van der Waals surface area (Å²) in [5.74, 6) is -7.22. The van der Waals surface area contributed by atoms with Crippen molar-refractivity contribution in [3.8, 4) is 0 Å². The van der Waals surface area contributed by atoms with Gasteiger partial charge in [-0.15, -0.1) is 0 Å². The van der Waals surface area contributed by atoms with Crippen molar-refractivity contribution in [3.63, 3.8) is 0 Å². The minimum absolute atomic E-state index is 0.0193. The van der Waals surface area contributed by atoms with E-state index >= 15 is 0 Å². The standard InChI is InChI=1S/C32H40F3N3O6/c1-15-10-18(14-37-13-16-8-6-4-5-7-9-16)24(32(33,34)35)19-11-17-12-20-25(38(2)3)27(40)23(30(36)43)29(42)31(20,44)28(41)22(17)26(39)21(15)19/h10,16-17,20,25,37,39,42,44H,4-9,11-14H2,1-3H3,(H2,36,43)/t17-,20?,25-,31-/m0/s1. The number of aliphatic hydroxyl groups excluding tert-OH is 2. The Bertz CT molecular complexity index is 1460. The molecule has 2 saturated carbocycles. The molecule has 1 amide bonds. The number of hydrogen-bond donors (Lipinski definition) is 5. The van der Waals surface area contributed by atoms with E-state index in [1.165, 1.54) is 37.9 Å². The lowest BCUT2D eigenvalue weighted by atomic mass is 9.57. The highest BCUT2D eigenvalue weighted by Crippen LogP contribution is 2.53. The number of nitrogens with one attached hydrogen (secondary N) is 1. The summed E-state index contributed by atoms with van der Waals surface area (Å²) in [5, 5.41) is 37.4. The number of primary amides is 1. The second-order valence-electron chi connectivity index (χ2n) is 13.0. The van der Waals surface area contributed by atoms with Crippen LogP contribution >= 0.6 is 0 Å². The number of halogens is 3. The Balaban J connectivity index is 1.60. The van der Waals surface area contributed by atoms with Crippen molar-refractivity contribution in [2.75, 3.05) is 20.6 Å². The first kappa shape index (κ1) is 32.2. The van der Waals surface area contributed by atoms with E-state index in [0.717, 1.165) is 25.7 Å². The minimum Gasteiger partial charge on any atom is -0.508 e. The average molecular weight is 620 g/mol. The number of Topliss-reactive ketones (excluding diaryl/α,β-unsaturated/α-hetero) is 2. The summed E-state index contributed by atoms with van der Waals surface area (Å²) in [6.45, 7) is 2.14. The first-order valence-corrected chi connectivity index (χ1v) is 15.2. The maximum Gasteiger partial charge on any atom is 0.417 e. The maximum absolute atomic E-state index is 14.8. The molecular formula is C32H40F3N3O6. The fraction of sp³-hybridized carbons (Fsp3) is 0.594. The fourth-order valence-corrected chi connectivity index (χ4v) is 8.10. The SMILES string of the molecule is Cc1cc(CNCC2CCCCCC2)c(C(F)(F)F)c2c1C(O)=C1C(=O)[C@]3(O)C(O)=C(C(N)=O)C(=O)[C@@H](N(C)C)C3C[C@@H]1C2. The molecule has 4 aliphatic rings.